The number of hydrogen-bond acceptors (Lipinski definition) is 7. The molecule has 2 aliphatic rings. The molecule has 4 N–H and O–H groups in total. The predicted molar refractivity (Wildman–Crippen MR) is 125 cm³/mol. The molecule has 4 heterocycles. The van der Waals surface area contributed by atoms with Crippen LogP contribution in [0, 0.1) is 5.82 Å². The lowest BCUT2D eigenvalue weighted by molar-refractivity contribution is 0.00695. The number of carbonyl (C=O) groups excluding carboxylic acids is 1. The van der Waals surface area contributed by atoms with Gasteiger partial charge >= 0.3 is 6.03 Å². The summed E-state index contributed by atoms with van der Waals surface area (Å²) in [7, 11) is 2.09. The quantitative estimate of drug-likeness (QED) is 0.645. The lowest BCUT2D eigenvalue weighted by Crippen LogP contribution is -2.65. The molecular formula is C22H34FN9O. The van der Waals surface area contributed by atoms with E-state index >= 15 is 0 Å². The Morgan fingerprint density at radius 3 is 2.64 bits per heavy atom. The van der Waals surface area contributed by atoms with E-state index in [0.717, 1.165) is 17.8 Å². The smallest absolute Gasteiger partial charge is 0.321 e. The fourth-order valence-corrected chi connectivity index (χ4v) is 4.72. The molecule has 1 atom stereocenters. The second-order valence-electron chi connectivity index (χ2n) is 10.1. The van der Waals surface area contributed by atoms with Gasteiger partial charge < -0.3 is 20.9 Å². The van der Waals surface area contributed by atoms with Gasteiger partial charge in [-0.1, -0.05) is 0 Å². The van der Waals surface area contributed by atoms with E-state index in [1.807, 2.05) is 30.6 Å². The first kappa shape index (κ1) is 23.2. The molecule has 33 heavy (non-hydrogen) atoms. The number of halogens is 1. The highest BCUT2D eigenvalue weighted by Gasteiger charge is 2.48. The fourth-order valence-electron chi connectivity index (χ4n) is 4.72. The van der Waals surface area contributed by atoms with Crippen LogP contribution in [-0.2, 0) is 12.1 Å². The molecule has 0 aromatic carbocycles. The molecule has 0 saturated carbocycles. The molecule has 1 saturated heterocycles. The molecule has 10 nitrogen and oxygen atoms in total. The number of fused-ring (bicyclic) bond motifs is 1. The van der Waals surface area contributed by atoms with Gasteiger partial charge in [0, 0.05) is 36.8 Å². The normalized spacial score (nSPS) is 21.9. The first-order valence-electron chi connectivity index (χ1n) is 11.3. The molecule has 180 valence electrons. The number of nitrogens with one attached hydrogen (secondary N) is 2. The first-order chi connectivity index (χ1) is 15.4. The summed E-state index contributed by atoms with van der Waals surface area (Å²) in [6.07, 6.45) is 0. The van der Waals surface area contributed by atoms with Crippen molar-refractivity contribution in [3.63, 3.8) is 0 Å². The number of piperazine rings is 1. The number of carbonyl (C=O) groups is 1. The minimum atomic E-state index is -0.719. The Kier molecular flexibility index (Phi) is 5.50. The third-order valence-electron chi connectivity index (χ3n) is 7.04. The number of rotatable bonds is 3. The van der Waals surface area contributed by atoms with Gasteiger partial charge in [-0.05, 0) is 48.6 Å². The van der Waals surface area contributed by atoms with Crippen molar-refractivity contribution in [1.82, 2.24) is 34.9 Å². The summed E-state index contributed by atoms with van der Waals surface area (Å²) in [6.45, 7) is 14.5. The lowest BCUT2D eigenvalue weighted by Gasteiger charge is -2.50. The van der Waals surface area contributed by atoms with Crippen molar-refractivity contribution in [3.05, 3.63) is 17.1 Å². The Bertz CT molecular complexity index is 1080. The maximum Gasteiger partial charge on any atom is 0.321 e. The first-order valence-corrected chi connectivity index (χ1v) is 11.3. The van der Waals surface area contributed by atoms with Gasteiger partial charge in [0.15, 0.2) is 11.6 Å². The largest absolute Gasteiger partial charge is 0.381 e. The SMILES string of the molecule is CCNc1nc(N)c(F)c(-c2n[nH]c3c2CN(C(=O)N2CC(C)(C)N(C)C[C@@H]2C)C3(C)C)n1. The number of aromatic amines is 1. The van der Waals surface area contributed by atoms with Gasteiger partial charge in [-0.2, -0.15) is 10.1 Å². The van der Waals surface area contributed by atoms with Crippen LogP contribution < -0.4 is 11.1 Å². The summed E-state index contributed by atoms with van der Waals surface area (Å²) in [6, 6.07) is 0.0323. The second-order valence-corrected chi connectivity index (χ2v) is 10.1. The summed E-state index contributed by atoms with van der Waals surface area (Å²) in [5, 5.41) is 10.4. The molecule has 0 unspecified atom stereocenters. The van der Waals surface area contributed by atoms with Crippen LogP contribution in [0.25, 0.3) is 11.4 Å². The summed E-state index contributed by atoms with van der Waals surface area (Å²) < 4.78 is 14.9. The monoisotopic (exact) mass is 459 g/mol. The van der Waals surface area contributed by atoms with Crippen LogP contribution in [0.5, 0.6) is 0 Å². The Morgan fingerprint density at radius 2 is 1.97 bits per heavy atom. The Morgan fingerprint density at radius 1 is 1.27 bits per heavy atom. The van der Waals surface area contributed by atoms with Crippen LogP contribution in [0.2, 0.25) is 0 Å². The summed E-state index contributed by atoms with van der Waals surface area (Å²) in [5.74, 6) is -0.726. The highest BCUT2D eigenvalue weighted by atomic mass is 19.1. The second kappa shape index (κ2) is 7.82. The van der Waals surface area contributed by atoms with Gasteiger partial charge in [-0.25, -0.2) is 14.2 Å². The molecule has 11 heteroatoms. The average Bonchev–Trinajstić information content (AvgIpc) is 3.26. The minimum Gasteiger partial charge on any atom is -0.381 e. The number of nitrogens with zero attached hydrogens (tertiary/aromatic N) is 6. The van der Waals surface area contributed by atoms with E-state index in [9.17, 15) is 9.18 Å². The topological polar surface area (TPSA) is 119 Å². The molecule has 0 radical (unpaired) electrons. The number of H-pyrrole nitrogens is 1. The molecule has 0 spiro atoms. The zero-order valence-corrected chi connectivity index (χ0v) is 20.5. The van der Waals surface area contributed by atoms with Crippen LogP contribution in [0.15, 0.2) is 0 Å². The highest BCUT2D eigenvalue weighted by molar-refractivity contribution is 5.78. The van der Waals surface area contributed by atoms with Crippen molar-refractivity contribution < 1.29 is 9.18 Å². The van der Waals surface area contributed by atoms with Crippen LogP contribution in [0.1, 0.15) is 52.8 Å². The van der Waals surface area contributed by atoms with E-state index < -0.39 is 11.4 Å². The zero-order valence-electron chi connectivity index (χ0n) is 20.5. The molecule has 2 aliphatic heterocycles. The molecule has 2 amide bonds. The summed E-state index contributed by atoms with van der Waals surface area (Å²) in [5.41, 5.74) is 6.92. The number of urea groups is 1. The molecule has 1 fully saturated rings. The van der Waals surface area contributed by atoms with E-state index in [1.54, 1.807) is 0 Å². The standard InChI is InChI=1S/C22H34FN9O/c1-8-25-19-26-16(14(23)18(24)27-19)15-13-10-32(22(5,6)17(13)29-28-15)20(33)31-11-21(3,4)30(7)9-12(31)2/h12H,8-11H2,1-7H3,(H,28,29)(H3,24,25,26,27)/t12-/m0/s1. The van der Waals surface area contributed by atoms with Crippen molar-refractivity contribution in [2.45, 2.75) is 65.2 Å². The van der Waals surface area contributed by atoms with Crippen molar-refractivity contribution in [2.75, 3.05) is 37.7 Å². The number of aromatic nitrogens is 4. The fraction of sp³-hybridized carbons (Fsp3) is 0.636. The van der Waals surface area contributed by atoms with E-state index in [2.05, 4.69) is 58.2 Å². The number of nitrogens with two attached hydrogens (primary N) is 1. The lowest BCUT2D eigenvalue weighted by atomic mass is 9.96. The van der Waals surface area contributed by atoms with Crippen LogP contribution in [0.4, 0.5) is 21.0 Å². The number of hydrogen-bond donors (Lipinski definition) is 3. The summed E-state index contributed by atoms with van der Waals surface area (Å²) in [4.78, 5) is 28.1. The predicted octanol–water partition coefficient (Wildman–Crippen LogP) is 2.61. The Balaban J connectivity index is 1.69. The maximum atomic E-state index is 14.9. The van der Waals surface area contributed by atoms with E-state index in [-0.39, 0.29) is 35.1 Å². The van der Waals surface area contributed by atoms with Gasteiger partial charge in [0.05, 0.1) is 17.8 Å². The number of likely N-dealkylation sites (N-methyl/N-ethyl adjacent to an activating group) is 1. The van der Waals surface area contributed by atoms with Gasteiger partial charge in [0.25, 0.3) is 0 Å². The summed E-state index contributed by atoms with van der Waals surface area (Å²) >= 11 is 0. The van der Waals surface area contributed by atoms with Crippen LogP contribution in [-0.4, -0.2) is 79.2 Å². The average molecular weight is 460 g/mol. The molecule has 2 aromatic heterocycles. The molecule has 0 bridgehead atoms. The molecule has 2 aromatic rings. The van der Waals surface area contributed by atoms with E-state index in [0.29, 0.717) is 25.3 Å². The highest BCUT2D eigenvalue weighted by Crippen LogP contribution is 2.43. The van der Waals surface area contributed by atoms with E-state index in [4.69, 9.17) is 5.73 Å². The third-order valence-corrected chi connectivity index (χ3v) is 7.04. The van der Waals surface area contributed by atoms with Crippen molar-refractivity contribution in [2.24, 2.45) is 0 Å². The number of anilines is 2. The minimum absolute atomic E-state index is 0.0233. The van der Waals surface area contributed by atoms with Gasteiger partial charge in [0.1, 0.15) is 11.4 Å². The number of amides is 2. The zero-order chi connectivity index (χ0) is 24.3. The van der Waals surface area contributed by atoms with Crippen molar-refractivity contribution >= 4 is 17.8 Å². The molecule has 0 aliphatic carbocycles. The van der Waals surface area contributed by atoms with Gasteiger partial charge in [0.2, 0.25) is 5.95 Å². The number of nitrogen functional groups attached to an aromatic ring is 1. The van der Waals surface area contributed by atoms with Crippen LogP contribution in [0.3, 0.4) is 0 Å². The van der Waals surface area contributed by atoms with Crippen molar-refractivity contribution in [1.29, 1.82) is 0 Å². The Hall–Kier alpha value is -2.95. The van der Waals surface area contributed by atoms with Crippen molar-refractivity contribution in [3.8, 4) is 11.4 Å². The molecule has 4 rings (SSSR count). The molecular weight excluding hydrogens is 425 g/mol. The van der Waals surface area contributed by atoms with Gasteiger partial charge in [-0.15, -0.1) is 0 Å². The van der Waals surface area contributed by atoms with E-state index in [1.165, 1.54) is 0 Å². The maximum absolute atomic E-state index is 14.9. The van der Waals surface area contributed by atoms with Gasteiger partial charge in [-0.3, -0.25) is 10.00 Å². The Labute approximate surface area is 193 Å². The third kappa shape index (κ3) is 3.68. The van der Waals surface area contributed by atoms with Crippen LogP contribution >= 0.6 is 0 Å².